The van der Waals surface area contributed by atoms with Crippen LogP contribution in [-0.2, 0) is 13.2 Å². The Morgan fingerprint density at radius 2 is 1.79 bits per heavy atom. The van der Waals surface area contributed by atoms with Gasteiger partial charge in [0, 0.05) is 17.7 Å². The van der Waals surface area contributed by atoms with E-state index >= 15 is 0 Å². The standard InChI is InChI=1S/C16H19NO2/c1-12-7-8-16(14(9-12)10-17)19-11-13-5-3-4-6-15(13)18-2/h3-9H,10-11,17H2,1-2H3. The van der Waals surface area contributed by atoms with Crippen molar-refractivity contribution in [2.24, 2.45) is 5.73 Å². The molecule has 2 N–H and O–H groups in total. The zero-order valence-corrected chi connectivity index (χ0v) is 11.3. The van der Waals surface area contributed by atoms with Gasteiger partial charge in [-0.1, -0.05) is 35.9 Å². The van der Waals surface area contributed by atoms with Gasteiger partial charge in [-0.05, 0) is 19.1 Å². The minimum atomic E-state index is 0.472. The number of nitrogens with two attached hydrogens (primary N) is 1. The first-order valence-corrected chi connectivity index (χ1v) is 6.29. The summed E-state index contributed by atoms with van der Waals surface area (Å²) in [4.78, 5) is 0. The van der Waals surface area contributed by atoms with Crippen LogP contribution in [0.25, 0.3) is 0 Å². The molecule has 0 atom stereocenters. The van der Waals surface area contributed by atoms with Gasteiger partial charge in [-0.25, -0.2) is 0 Å². The fourth-order valence-electron chi connectivity index (χ4n) is 1.99. The Balaban J connectivity index is 2.14. The minimum Gasteiger partial charge on any atom is -0.496 e. The molecule has 2 aromatic carbocycles. The lowest BCUT2D eigenvalue weighted by Gasteiger charge is -2.13. The van der Waals surface area contributed by atoms with E-state index in [-0.39, 0.29) is 0 Å². The van der Waals surface area contributed by atoms with E-state index in [1.165, 1.54) is 5.56 Å². The molecule has 0 bridgehead atoms. The van der Waals surface area contributed by atoms with Gasteiger partial charge in [0.15, 0.2) is 0 Å². The largest absolute Gasteiger partial charge is 0.496 e. The molecule has 0 unspecified atom stereocenters. The summed E-state index contributed by atoms with van der Waals surface area (Å²) in [5.74, 6) is 1.67. The molecule has 2 aromatic rings. The summed E-state index contributed by atoms with van der Waals surface area (Å²) in [6, 6.07) is 13.9. The molecule has 0 heterocycles. The molecule has 0 spiro atoms. The highest BCUT2D eigenvalue weighted by Gasteiger charge is 2.06. The van der Waals surface area contributed by atoms with Crippen LogP contribution in [0.3, 0.4) is 0 Å². The molecule has 0 saturated carbocycles. The Kier molecular flexibility index (Phi) is 4.42. The fraction of sp³-hybridized carbons (Fsp3) is 0.250. The van der Waals surface area contributed by atoms with Gasteiger partial charge in [-0.15, -0.1) is 0 Å². The number of rotatable bonds is 5. The van der Waals surface area contributed by atoms with Gasteiger partial charge in [-0.3, -0.25) is 0 Å². The molecule has 0 aromatic heterocycles. The summed E-state index contributed by atoms with van der Waals surface area (Å²) >= 11 is 0. The number of hydrogen-bond donors (Lipinski definition) is 1. The Labute approximate surface area is 114 Å². The van der Waals surface area contributed by atoms with E-state index in [0.717, 1.165) is 22.6 Å². The zero-order chi connectivity index (χ0) is 13.7. The van der Waals surface area contributed by atoms with Gasteiger partial charge >= 0.3 is 0 Å². The van der Waals surface area contributed by atoms with Crippen molar-refractivity contribution >= 4 is 0 Å². The number of methoxy groups -OCH3 is 1. The van der Waals surface area contributed by atoms with Crippen LogP contribution in [-0.4, -0.2) is 7.11 Å². The van der Waals surface area contributed by atoms with E-state index in [1.807, 2.05) is 43.3 Å². The van der Waals surface area contributed by atoms with Crippen molar-refractivity contribution in [3.05, 3.63) is 59.2 Å². The molecule has 2 rings (SSSR count). The zero-order valence-electron chi connectivity index (χ0n) is 11.3. The summed E-state index contributed by atoms with van der Waals surface area (Å²) in [7, 11) is 1.66. The van der Waals surface area contributed by atoms with E-state index in [9.17, 15) is 0 Å². The molecule has 100 valence electrons. The third kappa shape index (κ3) is 3.26. The third-order valence-electron chi connectivity index (χ3n) is 3.01. The van der Waals surface area contributed by atoms with E-state index in [2.05, 4.69) is 6.07 Å². The maximum absolute atomic E-state index is 5.85. The van der Waals surface area contributed by atoms with Crippen LogP contribution in [0, 0.1) is 6.92 Å². The van der Waals surface area contributed by atoms with Crippen LogP contribution in [0.5, 0.6) is 11.5 Å². The first kappa shape index (κ1) is 13.4. The van der Waals surface area contributed by atoms with Gasteiger partial charge in [0.25, 0.3) is 0 Å². The highest BCUT2D eigenvalue weighted by atomic mass is 16.5. The van der Waals surface area contributed by atoms with Gasteiger partial charge < -0.3 is 15.2 Å². The molecule has 0 fully saturated rings. The molecule has 3 heteroatoms. The second-order valence-corrected chi connectivity index (χ2v) is 4.42. The monoisotopic (exact) mass is 257 g/mol. The number of benzene rings is 2. The Morgan fingerprint density at radius 1 is 1.00 bits per heavy atom. The minimum absolute atomic E-state index is 0.472. The Hall–Kier alpha value is -2.00. The highest BCUT2D eigenvalue weighted by Crippen LogP contribution is 2.23. The molecule has 3 nitrogen and oxygen atoms in total. The lowest BCUT2D eigenvalue weighted by Crippen LogP contribution is -2.04. The lowest BCUT2D eigenvalue weighted by atomic mass is 10.1. The molecule has 0 aliphatic rings. The van der Waals surface area contributed by atoms with Crippen molar-refractivity contribution in [2.45, 2.75) is 20.1 Å². The number of para-hydroxylation sites is 1. The van der Waals surface area contributed by atoms with Crippen molar-refractivity contribution in [1.29, 1.82) is 0 Å². The average molecular weight is 257 g/mol. The molecule has 19 heavy (non-hydrogen) atoms. The second kappa shape index (κ2) is 6.25. The summed E-state index contributed by atoms with van der Waals surface area (Å²) in [6.07, 6.45) is 0. The quantitative estimate of drug-likeness (QED) is 0.895. The van der Waals surface area contributed by atoms with Crippen molar-refractivity contribution < 1.29 is 9.47 Å². The van der Waals surface area contributed by atoms with Crippen molar-refractivity contribution in [2.75, 3.05) is 7.11 Å². The van der Waals surface area contributed by atoms with Crippen molar-refractivity contribution in [1.82, 2.24) is 0 Å². The lowest BCUT2D eigenvalue weighted by molar-refractivity contribution is 0.294. The number of aryl methyl sites for hydroxylation is 1. The molecular formula is C16H19NO2. The molecular weight excluding hydrogens is 238 g/mol. The van der Waals surface area contributed by atoms with E-state index in [4.69, 9.17) is 15.2 Å². The van der Waals surface area contributed by atoms with Gasteiger partial charge in [-0.2, -0.15) is 0 Å². The van der Waals surface area contributed by atoms with Crippen LogP contribution in [0.1, 0.15) is 16.7 Å². The third-order valence-corrected chi connectivity index (χ3v) is 3.01. The van der Waals surface area contributed by atoms with Crippen LogP contribution >= 0.6 is 0 Å². The highest BCUT2D eigenvalue weighted by molar-refractivity contribution is 5.38. The predicted molar refractivity (Wildman–Crippen MR) is 76.4 cm³/mol. The summed E-state index contributed by atoms with van der Waals surface area (Å²) in [6.45, 7) is 2.99. The Bertz CT molecular complexity index is 552. The topological polar surface area (TPSA) is 44.5 Å². The van der Waals surface area contributed by atoms with Crippen molar-refractivity contribution in [3.63, 3.8) is 0 Å². The van der Waals surface area contributed by atoms with Crippen LogP contribution < -0.4 is 15.2 Å². The van der Waals surface area contributed by atoms with Crippen molar-refractivity contribution in [3.8, 4) is 11.5 Å². The first-order chi connectivity index (χ1) is 9.24. The Morgan fingerprint density at radius 3 is 2.53 bits per heavy atom. The molecule has 0 aliphatic heterocycles. The van der Waals surface area contributed by atoms with E-state index < -0.39 is 0 Å². The smallest absolute Gasteiger partial charge is 0.125 e. The summed E-state index contributed by atoms with van der Waals surface area (Å²) in [5, 5.41) is 0. The maximum atomic E-state index is 5.85. The number of ether oxygens (including phenoxy) is 2. The normalized spacial score (nSPS) is 10.3. The SMILES string of the molecule is COc1ccccc1COc1ccc(C)cc1CN. The second-order valence-electron chi connectivity index (χ2n) is 4.42. The average Bonchev–Trinajstić information content (AvgIpc) is 2.46. The van der Waals surface area contributed by atoms with Gasteiger partial charge in [0.1, 0.15) is 18.1 Å². The van der Waals surface area contributed by atoms with Crippen LogP contribution in [0.4, 0.5) is 0 Å². The molecule has 0 aliphatic carbocycles. The van der Waals surface area contributed by atoms with E-state index in [0.29, 0.717) is 13.2 Å². The summed E-state index contributed by atoms with van der Waals surface area (Å²) in [5.41, 5.74) is 8.97. The van der Waals surface area contributed by atoms with Gasteiger partial charge in [0.2, 0.25) is 0 Å². The summed E-state index contributed by atoms with van der Waals surface area (Å²) < 4.78 is 11.2. The van der Waals surface area contributed by atoms with Crippen LogP contribution in [0.2, 0.25) is 0 Å². The fourth-order valence-corrected chi connectivity index (χ4v) is 1.99. The van der Waals surface area contributed by atoms with E-state index in [1.54, 1.807) is 7.11 Å². The molecule has 0 saturated heterocycles. The maximum Gasteiger partial charge on any atom is 0.125 e. The predicted octanol–water partition coefficient (Wildman–Crippen LogP) is 3.04. The molecule has 0 amide bonds. The van der Waals surface area contributed by atoms with Gasteiger partial charge in [0.05, 0.1) is 7.11 Å². The number of hydrogen-bond acceptors (Lipinski definition) is 3. The van der Waals surface area contributed by atoms with Crippen LogP contribution in [0.15, 0.2) is 42.5 Å². The first-order valence-electron chi connectivity index (χ1n) is 6.29. The molecule has 0 radical (unpaired) electrons.